The van der Waals surface area contributed by atoms with Crippen molar-refractivity contribution in [3.05, 3.63) is 30.4 Å². The van der Waals surface area contributed by atoms with Crippen molar-refractivity contribution in [3.63, 3.8) is 0 Å². The van der Waals surface area contributed by atoms with Gasteiger partial charge in [0.05, 0.1) is 11.9 Å². The van der Waals surface area contributed by atoms with Crippen molar-refractivity contribution in [1.82, 2.24) is 14.3 Å². The highest BCUT2D eigenvalue weighted by molar-refractivity contribution is 7.92. The first kappa shape index (κ1) is 15.1. The van der Waals surface area contributed by atoms with Gasteiger partial charge in [0.15, 0.2) is 0 Å². The van der Waals surface area contributed by atoms with Crippen LogP contribution in [0.2, 0.25) is 0 Å². The Morgan fingerprint density at radius 1 is 1.43 bits per heavy atom. The predicted molar refractivity (Wildman–Crippen MR) is 75.7 cm³/mol. The summed E-state index contributed by atoms with van der Waals surface area (Å²) in [6, 6.07) is 1.15. The van der Waals surface area contributed by atoms with Crippen molar-refractivity contribution in [2.24, 2.45) is 7.05 Å². The largest absolute Gasteiger partial charge is 0.477 e. The number of aryl methyl sites for hydroxylation is 2. The zero-order valence-corrected chi connectivity index (χ0v) is 12.5. The number of hydrogen-bond donors (Lipinski definition) is 2. The second-order valence-electron chi connectivity index (χ2n) is 4.57. The van der Waals surface area contributed by atoms with Crippen LogP contribution in [0.15, 0.2) is 29.6 Å². The molecule has 2 rings (SSSR count). The number of carbonyl (C=O) groups is 1. The number of carboxylic acids is 1. The van der Waals surface area contributed by atoms with E-state index < -0.39 is 16.0 Å². The van der Waals surface area contributed by atoms with Crippen molar-refractivity contribution >= 4 is 21.7 Å². The van der Waals surface area contributed by atoms with Gasteiger partial charge in [-0.2, -0.15) is 5.10 Å². The molecular formula is C12H16N4O4S. The fourth-order valence-corrected chi connectivity index (χ4v) is 2.99. The maximum Gasteiger partial charge on any atom is 0.352 e. The molecule has 8 nitrogen and oxygen atoms in total. The number of rotatable bonds is 6. The van der Waals surface area contributed by atoms with Crippen LogP contribution in [0.5, 0.6) is 0 Å². The normalized spacial score (nSPS) is 11.5. The predicted octanol–water partition coefficient (Wildman–Crippen LogP) is 1.13. The lowest BCUT2D eigenvalue weighted by atomic mass is 10.4. The molecule has 0 aromatic carbocycles. The summed E-state index contributed by atoms with van der Waals surface area (Å²) in [5.41, 5.74) is 0.265. The Labute approximate surface area is 122 Å². The second-order valence-corrected chi connectivity index (χ2v) is 6.25. The molecule has 114 valence electrons. The number of anilines is 1. The van der Waals surface area contributed by atoms with Crippen molar-refractivity contribution in [1.29, 1.82) is 0 Å². The van der Waals surface area contributed by atoms with Gasteiger partial charge in [-0.25, -0.2) is 13.2 Å². The third-order valence-corrected chi connectivity index (χ3v) is 4.17. The average Bonchev–Trinajstić information content (AvgIpc) is 2.96. The van der Waals surface area contributed by atoms with Gasteiger partial charge in [-0.1, -0.05) is 6.92 Å². The number of carboxylic acid groups (broad SMARTS) is 1. The molecule has 0 aliphatic heterocycles. The van der Waals surface area contributed by atoms with Crippen LogP contribution in [0.4, 0.5) is 5.69 Å². The monoisotopic (exact) mass is 312 g/mol. The van der Waals surface area contributed by atoms with E-state index in [1.165, 1.54) is 27.8 Å². The van der Waals surface area contributed by atoms with Crippen LogP contribution in [0.25, 0.3) is 0 Å². The van der Waals surface area contributed by atoms with E-state index in [0.717, 1.165) is 6.07 Å². The summed E-state index contributed by atoms with van der Waals surface area (Å²) >= 11 is 0. The van der Waals surface area contributed by atoms with E-state index >= 15 is 0 Å². The number of aromatic nitrogens is 3. The molecule has 2 heterocycles. The van der Waals surface area contributed by atoms with Gasteiger partial charge in [0.25, 0.3) is 10.0 Å². The molecule has 2 aromatic heterocycles. The molecule has 0 saturated heterocycles. The van der Waals surface area contributed by atoms with Gasteiger partial charge in [0, 0.05) is 26.0 Å². The zero-order valence-electron chi connectivity index (χ0n) is 11.6. The fraction of sp³-hybridized carbons (Fsp3) is 0.333. The highest BCUT2D eigenvalue weighted by Gasteiger charge is 2.21. The van der Waals surface area contributed by atoms with Crippen molar-refractivity contribution < 1.29 is 18.3 Å². The second kappa shape index (κ2) is 5.60. The molecular weight excluding hydrogens is 296 g/mol. The summed E-state index contributed by atoms with van der Waals surface area (Å²) in [5, 5.41) is 13.0. The third kappa shape index (κ3) is 3.24. The minimum absolute atomic E-state index is 0.0524. The molecule has 0 spiro atoms. The number of sulfonamides is 1. The van der Waals surface area contributed by atoms with Crippen LogP contribution in [-0.2, 0) is 23.6 Å². The van der Waals surface area contributed by atoms with Gasteiger partial charge >= 0.3 is 5.97 Å². The molecule has 0 aliphatic carbocycles. The SMILES string of the molecule is CCCn1cc(S(=O)(=O)Nc2cnn(C)c2)cc1C(=O)O. The minimum atomic E-state index is -3.84. The maximum atomic E-state index is 12.2. The van der Waals surface area contributed by atoms with Crippen LogP contribution in [0.3, 0.4) is 0 Å². The van der Waals surface area contributed by atoms with Gasteiger partial charge in [-0.15, -0.1) is 0 Å². The standard InChI is InChI=1S/C12H16N4O4S/c1-3-4-16-8-10(5-11(16)12(17)18)21(19,20)14-9-6-13-15(2)7-9/h5-8,14H,3-4H2,1-2H3,(H,17,18). The minimum Gasteiger partial charge on any atom is -0.477 e. The van der Waals surface area contributed by atoms with Gasteiger partial charge in [0.2, 0.25) is 0 Å². The number of nitrogens with zero attached hydrogens (tertiary/aromatic N) is 3. The number of aromatic carboxylic acids is 1. The summed E-state index contributed by atoms with van der Waals surface area (Å²) in [6.07, 6.45) is 4.91. The average molecular weight is 312 g/mol. The molecule has 0 bridgehead atoms. The zero-order chi connectivity index (χ0) is 15.6. The third-order valence-electron chi connectivity index (χ3n) is 2.82. The first-order chi connectivity index (χ1) is 9.83. The lowest BCUT2D eigenvalue weighted by molar-refractivity contribution is 0.0685. The molecule has 0 atom stereocenters. The lowest BCUT2D eigenvalue weighted by Gasteiger charge is -2.03. The number of hydrogen-bond acceptors (Lipinski definition) is 4. The first-order valence-electron chi connectivity index (χ1n) is 6.28. The molecule has 2 N–H and O–H groups in total. The van der Waals surface area contributed by atoms with Gasteiger partial charge in [-0.05, 0) is 12.5 Å². The molecule has 21 heavy (non-hydrogen) atoms. The summed E-state index contributed by atoms with van der Waals surface area (Å²) in [5.74, 6) is -1.16. The molecule has 0 aliphatic rings. The molecule has 0 unspecified atom stereocenters. The van der Waals surface area contributed by atoms with Crippen molar-refractivity contribution in [2.75, 3.05) is 4.72 Å². The van der Waals surface area contributed by atoms with Gasteiger partial charge < -0.3 is 9.67 Å². The molecule has 9 heteroatoms. The summed E-state index contributed by atoms with van der Waals surface area (Å²) in [4.78, 5) is 11.1. The number of nitrogens with one attached hydrogen (secondary N) is 1. The smallest absolute Gasteiger partial charge is 0.352 e. The highest BCUT2D eigenvalue weighted by atomic mass is 32.2. The van der Waals surface area contributed by atoms with E-state index in [2.05, 4.69) is 9.82 Å². The molecule has 0 radical (unpaired) electrons. The Morgan fingerprint density at radius 3 is 2.67 bits per heavy atom. The molecule has 0 fully saturated rings. The van der Waals surface area contributed by atoms with Crippen LogP contribution < -0.4 is 4.72 Å². The molecule has 2 aromatic rings. The molecule has 0 saturated carbocycles. The van der Waals surface area contributed by atoms with Crippen molar-refractivity contribution in [3.8, 4) is 0 Å². The van der Waals surface area contributed by atoms with Crippen molar-refractivity contribution in [2.45, 2.75) is 24.8 Å². The topological polar surface area (TPSA) is 106 Å². The Kier molecular flexibility index (Phi) is 4.03. The maximum absolute atomic E-state index is 12.2. The van der Waals surface area contributed by atoms with Gasteiger partial charge in [-0.3, -0.25) is 9.40 Å². The molecule has 0 amide bonds. The van der Waals surface area contributed by atoms with Crippen LogP contribution in [0.1, 0.15) is 23.8 Å². The van der Waals surface area contributed by atoms with E-state index in [1.807, 2.05) is 6.92 Å². The Hall–Kier alpha value is -2.29. The Bertz CT molecular complexity index is 760. The van der Waals surface area contributed by atoms with Crippen LogP contribution in [0, 0.1) is 0 Å². The van der Waals surface area contributed by atoms with E-state index in [1.54, 1.807) is 7.05 Å². The summed E-state index contributed by atoms with van der Waals surface area (Å²) in [6.45, 7) is 2.32. The summed E-state index contributed by atoms with van der Waals surface area (Å²) in [7, 11) is -2.18. The Morgan fingerprint density at radius 2 is 2.14 bits per heavy atom. The quantitative estimate of drug-likeness (QED) is 0.831. The van der Waals surface area contributed by atoms with Gasteiger partial charge in [0.1, 0.15) is 10.6 Å². The first-order valence-corrected chi connectivity index (χ1v) is 7.76. The van der Waals surface area contributed by atoms with E-state index in [4.69, 9.17) is 5.11 Å². The highest BCUT2D eigenvalue weighted by Crippen LogP contribution is 2.19. The van der Waals surface area contributed by atoms with Crippen LogP contribution >= 0.6 is 0 Å². The van der Waals surface area contributed by atoms with E-state index in [-0.39, 0.29) is 10.6 Å². The lowest BCUT2D eigenvalue weighted by Crippen LogP contribution is -2.11. The Balaban J connectivity index is 2.35. The summed E-state index contributed by atoms with van der Waals surface area (Å²) < 4.78 is 29.7. The van der Waals surface area contributed by atoms with E-state index in [9.17, 15) is 13.2 Å². The van der Waals surface area contributed by atoms with E-state index in [0.29, 0.717) is 18.7 Å². The fourth-order valence-electron chi connectivity index (χ4n) is 1.92. The van der Waals surface area contributed by atoms with Crippen LogP contribution in [-0.4, -0.2) is 33.8 Å².